The van der Waals surface area contributed by atoms with Crippen LogP contribution in [0, 0.1) is 11.3 Å². The van der Waals surface area contributed by atoms with Crippen molar-refractivity contribution < 1.29 is 14.9 Å². The van der Waals surface area contributed by atoms with Crippen LogP contribution in [0.15, 0.2) is 18.5 Å². The highest BCUT2D eigenvalue weighted by molar-refractivity contribution is 5.25. The Balaban J connectivity index is 2.10. The first kappa shape index (κ1) is 10.2. The van der Waals surface area contributed by atoms with Crippen LogP contribution in [-0.2, 0) is 4.74 Å². The monoisotopic (exact) mass is 208 g/mol. The highest BCUT2D eigenvalue weighted by Crippen LogP contribution is 2.28. The van der Waals surface area contributed by atoms with E-state index in [9.17, 15) is 5.11 Å². The largest absolute Gasteiger partial charge is 0.394 e. The topological polar surface area (TPSA) is 78.4 Å². The van der Waals surface area contributed by atoms with Gasteiger partial charge in [-0.1, -0.05) is 0 Å². The molecule has 5 nitrogen and oxygen atoms in total. The van der Waals surface area contributed by atoms with Crippen molar-refractivity contribution in [3.8, 4) is 6.07 Å². The molecule has 1 fully saturated rings. The molecule has 3 unspecified atom stereocenters. The molecule has 2 N–H and O–H groups in total. The van der Waals surface area contributed by atoms with Crippen molar-refractivity contribution >= 4 is 0 Å². The quantitative estimate of drug-likeness (QED) is 0.717. The second-order valence-electron chi connectivity index (χ2n) is 3.57. The molecule has 1 saturated heterocycles. The van der Waals surface area contributed by atoms with Gasteiger partial charge in [-0.25, -0.2) is 0 Å². The van der Waals surface area contributed by atoms with E-state index in [-0.39, 0.29) is 12.8 Å². The maximum atomic E-state index is 9.52. The lowest BCUT2D eigenvalue weighted by Crippen LogP contribution is -2.24. The van der Waals surface area contributed by atoms with E-state index in [1.807, 2.05) is 6.07 Å². The average molecular weight is 208 g/mol. The number of aromatic nitrogens is 1. The summed E-state index contributed by atoms with van der Waals surface area (Å²) in [6.45, 7) is -0.190. The van der Waals surface area contributed by atoms with Gasteiger partial charge in [0.05, 0.1) is 18.3 Å². The molecule has 0 spiro atoms. The summed E-state index contributed by atoms with van der Waals surface area (Å²) >= 11 is 0. The molecule has 1 aliphatic rings. The summed E-state index contributed by atoms with van der Waals surface area (Å²) in [6.07, 6.45) is 2.37. The van der Waals surface area contributed by atoms with Gasteiger partial charge in [0.1, 0.15) is 18.4 Å². The number of nitrogens with zero attached hydrogens (tertiary/aromatic N) is 2. The zero-order valence-corrected chi connectivity index (χ0v) is 8.08. The molecule has 2 heterocycles. The zero-order chi connectivity index (χ0) is 10.8. The molecule has 0 amide bonds. The fraction of sp³-hybridized carbons (Fsp3) is 0.500. The standard InChI is InChI=1S/C10H12N2O3/c11-4-7-1-2-12(5-7)10-3-8(14)9(6-13)15-10/h1-2,5,8-10,13-14H,3,6H2. The van der Waals surface area contributed by atoms with E-state index in [1.165, 1.54) is 0 Å². The van der Waals surface area contributed by atoms with Crippen LogP contribution in [0.3, 0.4) is 0 Å². The Morgan fingerprint density at radius 1 is 1.67 bits per heavy atom. The first-order valence-corrected chi connectivity index (χ1v) is 4.76. The van der Waals surface area contributed by atoms with Crippen molar-refractivity contribution in [2.75, 3.05) is 6.61 Å². The smallest absolute Gasteiger partial charge is 0.136 e. The molecule has 3 atom stereocenters. The molecule has 1 aromatic rings. The molecule has 1 aliphatic heterocycles. The van der Waals surface area contributed by atoms with Gasteiger partial charge in [0.25, 0.3) is 0 Å². The molecule has 0 radical (unpaired) electrons. The van der Waals surface area contributed by atoms with Gasteiger partial charge in [0.2, 0.25) is 0 Å². The van der Waals surface area contributed by atoms with E-state index in [1.54, 1.807) is 23.0 Å². The van der Waals surface area contributed by atoms with Gasteiger partial charge in [0.15, 0.2) is 0 Å². The highest BCUT2D eigenvalue weighted by Gasteiger charge is 2.34. The SMILES string of the molecule is N#Cc1ccn(C2CC(O)C(CO)O2)c1. The summed E-state index contributed by atoms with van der Waals surface area (Å²) < 4.78 is 7.15. The van der Waals surface area contributed by atoms with Gasteiger partial charge in [-0.15, -0.1) is 0 Å². The Morgan fingerprint density at radius 2 is 2.47 bits per heavy atom. The van der Waals surface area contributed by atoms with Crippen LogP contribution >= 0.6 is 0 Å². The van der Waals surface area contributed by atoms with Crippen molar-refractivity contribution in [3.05, 3.63) is 24.0 Å². The normalized spacial score (nSPS) is 30.3. The molecule has 0 aliphatic carbocycles. The number of nitriles is 1. The molecular weight excluding hydrogens is 196 g/mol. The lowest BCUT2D eigenvalue weighted by Gasteiger charge is -2.13. The van der Waals surface area contributed by atoms with Crippen LogP contribution in [0.5, 0.6) is 0 Å². The first-order chi connectivity index (χ1) is 7.24. The zero-order valence-electron chi connectivity index (χ0n) is 8.08. The van der Waals surface area contributed by atoms with Crippen LogP contribution in [0.4, 0.5) is 0 Å². The van der Waals surface area contributed by atoms with E-state index >= 15 is 0 Å². The van der Waals surface area contributed by atoms with Crippen molar-refractivity contribution in [2.24, 2.45) is 0 Å². The van der Waals surface area contributed by atoms with Gasteiger partial charge in [0, 0.05) is 18.8 Å². The van der Waals surface area contributed by atoms with Gasteiger partial charge in [-0.2, -0.15) is 5.26 Å². The van der Waals surface area contributed by atoms with Gasteiger partial charge in [-0.05, 0) is 6.07 Å². The molecule has 0 bridgehead atoms. The predicted molar refractivity (Wildman–Crippen MR) is 50.8 cm³/mol. The van der Waals surface area contributed by atoms with Crippen LogP contribution < -0.4 is 0 Å². The summed E-state index contributed by atoms with van der Waals surface area (Å²) in [7, 11) is 0. The minimum atomic E-state index is -0.645. The number of aliphatic hydroxyl groups is 2. The fourth-order valence-corrected chi connectivity index (χ4v) is 1.72. The summed E-state index contributed by atoms with van der Waals surface area (Å²) in [5.41, 5.74) is 0.556. The number of hydrogen-bond donors (Lipinski definition) is 2. The average Bonchev–Trinajstić information content (AvgIpc) is 2.83. The first-order valence-electron chi connectivity index (χ1n) is 4.76. The Bertz CT molecular complexity index is 382. The predicted octanol–water partition coefficient (Wildman–Crippen LogP) is 0.000480. The Morgan fingerprint density at radius 3 is 3.00 bits per heavy atom. The number of rotatable bonds is 2. The maximum Gasteiger partial charge on any atom is 0.136 e. The summed E-state index contributed by atoms with van der Waals surface area (Å²) in [6, 6.07) is 3.70. The summed E-state index contributed by atoms with van der Waals surface area (Å²) in [5, 5.41) is 27.1. The van der Waals surface area contributed by atoms with E-state index in [0.29, 0.717) is 12.0 Å². The van der Waals surface area contributed by atoms with Crippen molar-refractivity contribution in [2.45, 2.75) is 24.9 Å². The van der Waals surface area contributed by atoms with Crippen LogP contribution in [0.2, 0.25) is 0 Å². The second-order valence-corrected chi connectivity index (χ2v) is 3.57. The third-order valence-corrected chi connectivity index (χ3v) is 2.56. The highest BCUT2D eigenvalue weighted by atomic mass is 16.5. The van der Waals surface area contributed by atoms with E-state index in [0.717, 1.165) is 0 Å². The minimum Gasteiger partial charge on any atom is -0.394 e. The Kier molecular flexibility index (Phi) is 2.73. The Labute approximate surface area is 87.1 Å². The van der Waals surface area contributed by atoms with E-state index < -0.39 is 12.2 Å². The lowest BCUT2D eigenvalue weighted by atomic mass is 10.2. The van der Waals surface area contributed by atoms with E-state index in [4.69, 9.17) is 15.1 Å². The minimum absolute atomic E-state index is 0.190. The van der Waals surface area contributed by atoms with Crippen LogP contribution in [0.1, 0.15) is 18.2 Å². The molecule has 1 aromatic heterocycles. The molecule has 0 saturated carbocycles. The molecule has 5 heteroatoms. The lowest BCUT2D eigenvalue weighted by molar-refractivity contribution is -0.0442. The number of ether oxygens (including phenoxy) is 1. The van der Waals surface area contributed by atoms with Crippen molar-refractivity contribution in [1.82, 2.24) is 4.57 Å². The fourth-order valence-electron chi connectivity index (χ4n) is 1.72. The second kappa shape index (κ2) is 4.03. The molecule has 80 valence electrons. The number of hydrogen-bond acceptors (Lipinski definition) is 4. The van der Waals surface area contributed by atoms with Crippen molar-refractivity contribution in [1.29, 1.82) is 5.26 Å². The maximum absolute atomic E-state index is 9.52. The van der Waals surface area contributed by atoms with Gasteiger partial charge >= 0.3 is 0 Å². The molecular formula is C10H12N2O3. The van der Waals surface area contributed by atoms with Gasteiger partial charge < -0.3 is 19.5 Å². The third-order valence-electron chi connectivity index (χ3n) is 2.56. The van der Waals surface area contributed by atoms with Crippen LogP contribution in [0.25, 0.3) is 0 Å². The molecule has 2 rings (SSSR count). The summed E-state index contributed by atoms with van der Waals surface area (Å²) in [5.74, 6) is 0. The number of aliphatic hydroxyl groups excluding tert-OH is 2. The molecule has 15 heavy (non-hydrogen) atoms. The van der Waals surface area contributed by atoms with Gasteiger partial charge in [-0.3, -0.25) is 0 Å². The Hall–Kier alpha value is -1.35. The van der Waals surface area contributed by atoms with E-state index in [2.05, 4.69) is 0 Å². The van der Waals surface area contributed by atoms with Crippen molar-refractivity contribution in [3.63, 3.8) is 0 Å². The molecule has 0 aromatic carbocycles. The van der Waals surface area contributed by atoms with Crippen LogP contribution in [-0.4, -0.2) is 33.6 Å². The third kappa shape index (κ3) is 1.88. The summed E-state index contributed by atoms with van der Waals surface area (Å²) in [4.78, 5) is 0.